The molecule has 0 saturated carbocycles. The lowest BCUT2D eigenvalue weighted by Crippen LogP contribution is -2.11. The summed E-state index contributed by atoms with van der Waals surface area (Å²) in [5, 5.41) is 1.15. The molecule has 0 amide bonds. The Labute approximate surface area is 237 Å². The van der Waals surface area contributed by atoms with Gasteiger partial charge in [0.15, 0.2) is 0 Å². The second-order valence-electron chi connectivity index (χ2n) is 11.7. The number of nitrogens with zero attached hydrogens (tertiary/aromatic N) is 2. The van der Waals surface area contributed by atoms with Crippen LogP contribution in [0.3, 0.4) is 0 Å². The lowest BCUT2D eigenvalue weighted by Gasteiger charge is -2.19. The first-order valence-corrected chi connectivity index (χ1v) is 13.9. The van der Waals surface area contributed by atoms with Gasteiger partial charge in [-0.3, -0.25) is 4.98 Å². The van der Waals surface area contributed by atoms with Crippen LogP contribution in [0, 0.1) is 13.8 Å². The van der Waals surface area contributed by atoms with Crippen molar-refractivity contribution in [3.05, 3.63) is 132 Å². The van der Waals surface area contributed by atoms with Crippen molar-refractivity contribution >= 4 is 10.9 Å². The lowest BCUT2D eigenvalue weighted by molar-refractivity contribution is 0.589. The molecule has 2 heterocycles. The van der Waals surface area contributed by atoms with Crippen molar-refractivity contribution in [1.29, 1.82) is 0 Å². The summed E-state index contributed by atoms with van der Waals surface area (Å²) in [5.41, 5.74) is 13.8. The zero-order chi connectivity index (χ0) is 27.9. The van der Waals surface area contributed by atoms with Crippen molar-refractivity contribution in [1.82, 2.24) is 9.97 Å². The molecule has 6 rings (SSSR count). The van der Waals surface area contributed by atoms with E-state index < -0.39 is 0 Å². The van der Waals surface area contributed by atoms with E-state index in [0.717, 1.165) is 44.5 Å². The van der Waals surface area contributed by atoms with Crippen molar-refractivity contribution < 1.29 is 0 Å². The van der Waals surface area contributed by atoms with E-state index in [1.807, 2.05) is 12.3 Å². The van der Waals surface area contributed by atoms with Crippen molar-refractivity contribution in [2.45, 2.75) is 40.0 Å². The molecule has 0 fully saturated rings. The van der Waals surface area contributed by atoms with Gasteiger partial charge in [-0.05, 0) is 77.4 Å². The molecule has 2 aromatic heterocycles. The van der Waals surface area contributed by atoms with E-state index in [1.54, 1.807) is 0 Å². The normalized spacial score (nSPS) is 11.6. The molecule has 4 aromatic carbocycles. The number of rotatable bonds is 4. The summed E-state index contributed by atoms with van der Waals surface area (Å²) in [7, 11) is 0. The molecule has 0 saturated heterocycles. The highest BCUT2D eigenvalue weighted by Crippen LogP contribution is 2.38. The third kappa shape index (κ3) is 4.94. The summed E-state index contributed by atoms with van der Waals surface area (Å²) in [5.74, 6) is 0. The van der Waals surface area contributed by atoms with Crippen LogP contribution in [0.25, 0.3) is 55.7 Å². The van der Waals surface area contributed by atoms with Crippen LogP contribution in [-0.4, -0.2) is 9.97 Å². The largest absolute Gasteiger partial charge is 0.256 e. The first-order chi connectivity index (χ1) is 19.3. The quantitative estimate of drug-likeness (QED) is 0.232. The van der Waals surface area contributed by atoms with Crippen LogP contribution < -0.4 is 0 Å². The van der Waals surface area contributed by atoms with Crippen molar-refractivity contribution in [2.24, 2.45) is 0 Å². The highest BCUT2D eigenvalue weighted by atomic mass is 14.7. The van der Waals surface area contributed by atoms with Crippen molar-refractivity contribution in [3.63, 3.8) is 0 Å². The fraction of sp³-hybridized carbons (Fsp3) is 0.158. The molecule has 0 bridgehead atoms. The molecule has 0 unspecified atom stereocenters. The van der Waals surface area contributed by atoms with Gasteiger partial charge in [0.05, 0.1) is 16.9 Å². The highest BCUT2D eigenvalue weighted by Gasteiger charge is 2.17. The average molecular weight is 519 g/mol. The van der Waals surface area contributed by atoms with Crippen LogP contribution in [0.5, 0.6) is 0 Å². The zero-order valence-electron chi connectivity index (χ0n) is 23.9. The fourth-order valence-electron chi connectivity index (χ4n) is 5.47. The van der Waals surface area contributed by atoms with E-state index in [0.29, 0.717) is 0 Å². The molecular weight excluding hydrogens is 484 g/mol. The van der Waals surface area contributed by atoms with E-state index >= 15 is 0 Å². The molecule has 0 aliphatic carbocycles. The summed E-state index contributed by atoms with van der Waals surface area (Å²) < 4.78 is 0. The first kappa shape index (κ1) is 25.7. The summed E-state index contributed by atoms with van der Waals surface area (Å²) in [4.78, 5) is 10.0. The van der Waals surface area contributed by atoms with Gasteiger partial charge in [-0.15, -0.1) is 0 Å². The fourth-order valence-corrected chi connectivity index (χ4v) is 5.47. The summed E-state index contributed by atoms with van der Waals surface area (Å²) in [6.07, 6.45) is 1.92. The molecule has 0 aliphatic rings. The van der Waals surface area contributed by atoms with Gasteiger partial charge in [0.1, 0.15) is 0 Å². The minimum absolute atomic E-state index is 0.0627. The molecule has 0 radical (unpaired) electrons. The van der Waals surface area contributed by atoms with Crippen molar-refractivity contribution in [3.8, 4) is 44.8 Å². The van der Waals surface area contributed by atoms with Gasteiger partial charge in [-0.2, -0.15) is 0 Å². The third-order valence-corrected chi connectivity index (χ3v) is 7.69. The van der Waals surface area contributed by atoms with Crippen LogP contribution >= 0.6 is 0 Å². The van der Waals surface area contributed by atoms with Crippen molar-refractivity contribution in [2.75, 3.05) is 0 Å². The SMILES string of the molecule is Cc1ccc(-c2ccc(-c3cccc(-c4cc(C(C)(C)C)ccn4)c3)c3nc(-c4ccccc4)ccc23)c(C)c1. The topological polar surface area (TPSA) is 25.8 Å². The second kappa shape index (κ2) is 10.2. The molecule has 0 spiro atoms. The number of aromatic nitrogens is 2. The Bertz CT molecular complexity index is 1840. The maximum Gasteiger partial charge on any atom is 0.0794 e. The van der Waals surface area contributed by atoms with Crippen LogP contribution in [0.4, 0.5) is 0 Å². The molecule has 196 valence electrons. The predicted molar refractivity (Wildman–Crippen MR) is 169 cm³/mol. The average Bonchev–Trinajstić information content (AvgIpc) is 2.97. The van der Waals surface area contributed by atoms with Gasteiger partial charge >= 0.3 is 0 Å². The van der Waals surface area contributed by atoms with Gasteiger partial charge < -0.3 is 0 Å². The number of fused-ring (bicyclic) bond motifs is 1. The maximum atomic E-state index is 5.29. The van der Waals surface area contributed by atoms with Crippen LogP contribution in [0.15, 0.2) is 115 Å². The Morgan fingerprint density at radius 3 is 2.05 bits per heavy atom. The van der Waals surface area contributed by atoms with E-state index in [-0.39, 0.29) is 5.41 Å². The van der Waals surface area contributed by atoms with Crippen LogP contribution in [-0.2, 0) is 5.41 Å². The maximum absolute atomic E-state index is 5.29. The van der Waals surface area contributed by atoms with Gasteiger partial charge in [0.25, 0.3) is 0 Å². The predicted octanol–water partition coefficient (Wildman–Crippen LogP) is 10.2. The molecule has 2 heteroatoms. The van der Waals surface area contributed by atoms with Gasteiger partial charge in [0.2, 0.25) is 0 Å². The molecule has 2 nitrogen and oxygen atoms in total. The molecule has 0 N–H and O–H groups in total. The summed E-state index contributed by atoms with van der Waals surface area (Å²) >= 11 is 0. The minimum atomic E-state index is 0.0627. The first-order valence-electron chi connectivity index (χ1n) is 13.9. The number of aryl methyl sites for hydroxylation is 2. The van der Waals surface area contributed by atoms with E-state index in [2.05, 4.69) is 138 Å². The summed E-state index contributed by atoms with van der Waals surface area (Å²) in [6, 6.07) is 39.0. The highest BCUT2D eigenvalue weighted by molar-refractivity contribution is 6.04. The number of hydrogen-bond donors (Lipinski definition) is 0. The molecule has 0 aliphatic heterocycles. The van der Waals surface area contributed by atoms with Crippen LogP contribution in [0.1, 0.15) is 37.5 Å². The third-order valence-electron chi connectivity index (χ3n) is 7.69. The monoisotopic (exact) mass is 518 g/mol. The Kier molecular flexibility index (Phi) is 6.56. The number of benzene rings is 4. The zero-order valence-corrected chi connectivity index (χ0v) is 23.9. The summed E-state index contributed by atoms with van der Waals surface area (Å²) in [6.45, 7) is 11.0. The lowest BCUT2D eigenvalue weighted by atomic mass is 9.86. The van der Waals surface area contributed by atoms with Gasteiger partial charge in [-0.1, -0.05) is 105 Å². The number of hydrogen-bond acceptors (Lipinski definition) is 2. The van der Waals surface area contributed by atoms with Crippen LogP contribution in [0.2, 0.25) is 0 Å². The number of pyridine rings is 2. The Balaban J connectivity index is 1.55. The Morgan fingerprint density at radius 2 is 1.27 bits per heavy atom. The smallest absolute Gasteiger partial charge is 0.0794 e. The standard InChI is InChI=1S/C38H34N2/c1-25-14-15-31(26(2)22-25)33-17-16-32(37-34(33)18-19-35(40-37)27-10-7-6-8-11-27)28-12-9-13-29(23-28)36-24-30(20-21-39-36)38(3,4)5/h6-24H,1-5H3. The van der Waals surface area contributed by atoms with E-state index in [9.17, 15) is 0 Å². The molecular formula is C38H34N2. The molecule has 6 aromatic rings. The van der Waals surface area contributed by atoms with Gasteiger partial charge in [-0.25, -0.2) is 4.98 Å². The minimum Gasteiger partial charge on any atom is -0.256 e. The van der Waals surface area contributed by atoms with Gasteiger partial charge in [0, 0.05) is 28.3 Å². The Hall–Kier alpha value is -4.56. The molecule has 40 heavy (non-hydrogen) atoms. The second-order valence-corrected chi connectivity index (χ2v) is 11.7. The van der Waals surface area contributed by atoms with E-state index in [1.165, 1.54) is 27.8 Å². The molecule has 0 atom stereocenters. The van der Waals surface area contributed by atoms with E-state index in [4.69, 9.17) is 9.97 Å². The Morgan fingerprint density at radius 1 is 0.550 bits per heavy atom.